The highest BCUT2D eigenvalue weighted by Gasteiger charge is 2.32. The minimum atomic E-state index is -0.198. The molecule has 0 aromatic heterocycles. The molecule has 0 aliphatic heterocycles. The molecule has 1 aliphatic rings. The molecule has 112 valence electrons. The Hall–Kier alpha value is -2.15. The molecule has 0 amide bonds. The number of thiocarbonyl (C=S) groups is 1. The molecule has 2 rings (SSSR count). The molecule has 0 heterocycles. The number of benzene rings is 1. The Kier molecular flexibility index (Phi) is 5.10. The molecular formula is C14H17N3O3S. The van der Waals surface area contributed by atoms with Gasteiger partial charge in [-0.05, 0) is 48.8 Å². The topological polar surface area (TPSA) is 72.0 Å². The fraction of sp³-hybridized carbons (Fsp3) is 0.357. The summed E-state index contributed by atoms with van der Waals surface area (Å²) in [6.45, 7) is 0. The highest BCUT2D eigenvalue weighted by molar-refractivity contribution is 7.80. The summed E-state index contributed by atoms with van der Waals surface area (Å²) in [7, 11) is 3.23. The number of esters is 1. The molecule has 1 aliphatic carbocycles. The SMILES string of the molecule is CNC(=S)N/N=C\c1ccc(OC(=O)C2CC2)c(OC)c1. The van der Waals surface area contributed by atoms with E-state index >= 15 is 0 Å². The predicted octanol–water partition coefficient (Wildman–Crippen LogP) is 1.44. The second-order valence-corrected chi connectivity index (χ2v) is 4.96. The van der Waals surface area contributed by atoms with Crippen molar-refractivity contribution in [3.63, 3.8) is 0 Å². The Bertz CT molecular complexity index is 571. The van der Waals surface area contributed by atoms with Gasteiger partial charge < -0.3 is 14.8 Å². The monoisotopic (exact) mass is 307 g/mol. The lowest BCUT2D eigenvalue weighted by Crippen LogP contribution is -2.28. The van der Waals surface area contributed by atoms with Crippen LogP contribution in [0.5, 0.6) is 11.5 Å². The number of rotatable bonds is 5. The van der Waals surface area contributed by atoms with Crippen molar-refractivity contribution in [3.8, 4) is 11.5 Å². The van der Waals surface area contributed by atoms with E-state index in [0.29, 0.717) is 16.6 Å². The molecule has 2 N–H and O–H groups in total. The van der Waals surface area contributed by atoms with Crippen LogP contribution in [0.4, 0.5) is 0 Å². The molecule has 21 heavy (non-hydrogen) atoms. The third-order valence-electron chi connectivity index (χ3n) is 2.92. The molecule has 1 aromatic carbocycles. The van der Waals surface area contributed by atoms with Crippen LogP contribution in [-0.4, -0.2) is 31.5 Å². The highest BCUT2D eigenvalue weighted by Crippen LogP contribution is 2.33. The van der Waals surface area contributed by atoms with Gasteiger partial charge >= 0.3 is 5.97 Å². The van der Waals surface area contributed by atoms with Gasteiger partial charge in [-0.2, -0.15) is 5.10 Å². The number of nitrogens with zero attached hydrogens (tertiary/aromatic N) is 1. The van der Waals surface area contributed by atoms with Crippen LogP contribution in [0.15, 0.2) is 23.3 Å². The van der Waals surface area contributed by atoms with Crippen molar-refractivity contribution in [2.75, 3.05) is 14.2 Å². The number of hydrogen-bond acceptors (Lipinski definition) is 5. The quantitative estimate of drug-likeness (QED) is 0.282. The second kappa shape index (κ2) is 7.03. The Morgan fingerprint density at radius 2 is 2.19 bits per heavy atom. The lowest BCUT2D eigenvalue weighted by atomic mass is 10.2. The molecule has 0 unspecified atom stereocenters. The Labute approximate surface area is 128 Å². The van der Waals surface area contributed by atoms with Crippen LogP contribution < -0.4 is 20.2 Å². The van der Waals surface area contributed by atoms with Gasteiger partial charge in [-0.15, -0.1) is 0 Å². The third kappa shape index (κ3) is 4.42. The standard InChI is InChI=1S/C14H17N3O3S/c1-15-14(21)17-16-8-9-3-6-11(12(7-9)19-2)20-13(18)10-4-5-10/h3,6-8,10H,4-5H2,1-2H3,(H2,15,17,21)/b16-8-. The molecule has 0 bridgehead atoms. The summed E-state index contributed by atoms with van der Waals surface area (Å²) in [4.78, 5) is 11.7. The van der Waals surface area contributed by atoms with E-state index in [4.69, 9.17) is 21.7 Å². The van der Waals surface area contributed by atoms with Crippen molar-refractivity contribution in [2.24, 2.45) is 11.0 Å². The summed E-state index contributed by atoms with van der Waals surface area (Å²) in [5.41, 5.74) is 3.45. The molecule has 7 heteroatoms. The van der Waals surface area contributed by atoms with Crippen molar-refractivity contribution in [3.05, 3.63) is 23.8 Å². The minimum absolute atomic E-state index is 0.0442. The minimum Gasteiger partial charge on any atom is -0.493 e. The second-order valence-electron chi connectivity index (χ2n) is 4.55. The highest BCUT2D eigenvalue weighted by atomic mass is 32.1. The van der Waals surface area contributed by atoms with Crippen LogP contribution >= 0.6 is 12.2 Å². The zero-order valence-electron chi connectivity index (χ0n) is 11.9. The Morgan fingerprint density at radius 3 is 2.81 bits per heavy atom. The number of hydrogen-bond donors (Lipinski definition) is 2. The van der Waals surface area contributed by atoms with E-state index in [1.54, 1.807) is 31.5 Å². The van der Waals surface area contributed by atoms with Crippen LogP contribution in [0.25, 0.3) is 0 Å². The number of methoxy groups -OCH3 is 1. The van der Waals surface area contributed by atoms with E-state index in [2.05, 4.69) is 15.8 Å². The molecular weight excluding hydrogens is 290 g/mol. The number of ether oxygens (including phenoxy) is 2. The maximum absolute atomic E-state index is 11.7. The summed E-state index contributed by atoms with van der Waals surface area (Å²) in [6.07, 6.45) is 3.41. The zero-order chi connectivity index (χ0) is 15.2. The Morgan fingerprint density at radius 1 is 1.43 bits per heavy atom. The zero-order valence-corrected chi connectivity index (χ0v) is 12.7. The van der Waals surface area contributed by atoms with E-state index < -0.39 is 0 Å². The van der Waals surface area contributed by atoms with Crippen LogP contribution in [0.2, 0.25) is 0 Å². The van der Waals surface area contributed by atoms with Gasteiger partial charge in [-0.1, -0.05) is 0 Å². The smallest absolute Gasteiger partial charge is 0.314 e. The molecule has 6 nitrogen and oxygen atoms in total. The van der Waals surface area contributed by atoms with Gasteiger partial charge in [0.15, 0.2) is 16.6 Å². The van der Waals surface area contributed by atoms with E-state index in [1.165, 1.54) is 7.11 Å². The lowest BCUT2D eigenvalue weighted by molar-refractivity contribution is -0.135. The van der Waals surface area contributed by atoms with Crippen molar-refractivity contribution in [2.45, 2.75) is 12.8 Å². The average Bonchev–Trinajstić information content (AvgIpc) is 3.33. The van der Waals surface area contributed by atoms with Crippen molar-refractivity contribution in [1.82, 2.24) is 10.7 Å². The van der Waals surface area contributed by atoms with Crippen molar-refractivity contribution < 1.29 is 14.3 Å². The summed E-state index contributed by atoms with van der Waals surface area (Å²) >= 11 is 4.90. The first-order chi connectivity index (χ1) is 10.1. The van der Waals surface area contributed by atoms with E-state index in [9.17, 15) is 4.79 Å². The van der Waals surface area contributed by atoms with Gasteiger partial charge in [0.1, 0.15) is 0 Å². The summed E-state index contributed by atoms with van der Waals surface area (Å²) in [6, 6.07) is 5.21. The first-order valence-electron chi connectivity index (χ1n) is 6.54. The molecule has 0 radical (unpaired) electrons. The summed E-state index contributed by atoms with van der Waals surface area (Å²) in [5.74, 6) is 0.757. The number of carbonyl (C=O) groups excluding carboxylic acids is 1. The fourth-order valence-electron chi connectivity index (χ4n) is 1.58. The van der Waals surface area contributed by atoms with Gasteiger partial charge in [-0.25, -0.2) is 0 Å². The third-order valence-corrected chi connectivity index (χ3v) is 3.21. The van der Waals surface area contributed by atoms with Crippen LogP contribution in [0.3, 0.4) is 0 Å². The van der Waals surface area contributed by atoms with Gasteiger partial charge in [0.2, 0.25) is 0 Å². The van der Waals surface area contributed by atoms with Gasteiger partial charge in [0.05, 0.1) is 19.2 Å². The van der Waals surface area contributed by atoms with Crippen LogP contribution in [0.1, 0.15) is 18.4 Å². The number of nitrogens with one attached hydrogen (secondary N) is 2. The molecule has 1 saturated carbocycles. The molecule has 1 aromatic rings. The van der Waals surface area contributed by atoms with Gasteiger partial charge in [0.25, 0.3) is 0 Å². The fourth-order valence-corrected chi connectivity index (χ4v) is 1.63. The number of carbonyl (C=O) groups is 1. The average molecular weight is 307 g/mol. The predicted molar refractivity (Wildman–Crippen MR) is 83.7 cm³/mol. The first-order valence-corrected chi connectivity index (χ1v) is 6.95. The first kappa shape index (κ1) is 15.2. The maximum atomic E-state index is 11.7. The van der Waals surface area contributed by atoms with Crippen molar-refractivity contribution in [1.29, 1.82) is 0 Å². The molecule has 0 saturated heterocycles. The lowest BCUT2D eigenvalue weighted by Gasteiger charge is -2.09. The molecule has 0 atom stereocenters. The summed E-state index contributed by atoms with van der Waals surface area (Å²) < 4.78 is 10.6. The summed E-state index contributed by atoms with van der Waals surface area (Å²) in [5, 5.41) is 7.14. The van der Waals surface area contributed by atoms with E-state index in [1.807, 2.05) is 0 Å². The molecule has 1 fully saturated rings. The van der Waals surface area contributed by atoms with Crippen LogP contribution in [0, 0.1) is 5.92 Å². The maximum Gasteiger partial charge on any atom is 0.314 e. The Balaban J connectivity index is 2.04. The van der Waals surface area contributed by atoms with E-state index in [0.717, 1.165) is 18.4 Å². The van der Waals surface area contributed by atoms with Gasteiger partial charge in [0, 0.05) is 7.05 Å². The van der Waals surface area contributed by atoms with Crippen molar-refractivity contribution >= 4 is 29.5 Å². The largest absolute Gasteiger partial charge is 0.493 e. The normalized spacial score (nSPS) is 13.8. The number of hydrazone groups is 1. The molecule has 0 spiro atoms. The van der Waals surface area contributed by atoms with Gasteiger partial charge in [-0.3, -0.25) is 10.2 Å². The van der Waals surface area contributed by atoms with Crippen LogP contribution in [-0.2, 0) is 4.79 Å². The van der Waals surface area contributed by atoms with E-state index in [-0.39, 0.29) is 11.9 Å².